The molecule has 0 saturated carbocycles. The van der Waals surface area contributed by atoms with Crippen LogP contribution in [0.4, 0.5) is 0 Å². The summed E-state index contributed by atoms with van der Waals surface area (Å²) in [6, 6.07) is 6.70. The van der Waals surface area contributed by atoms with Gasteiger partial charge in [-0.15, -0.1) is 0 Å². The molecule has 0 aromatic heterocycles. The molecule has 108 valence electrons. The summed E-state index contributed by atoms with van der Waals surface area (Å²) in [6.07, 6.45) is 2.21. The molecular formula is C17H27BrO. The van der Waals surface area contributed by atoms with Gasteiger partial charge in [-0.2, -0.15) is 0 Å². The van der Waals surface area contributed by atoms with E-state index >= 15 is 0 Å². The number of halogens is 1. The summed E-state index contributed by atoms with van der Waals surface area (Å²) in [6.45, 7) is 12.0. The lowest BCUT2D eigenvalue weighted by molar-refractivity contribution is 0.308. The zero-order chi connectivity index (χ0) is 14.5. The van der Waals surface area contributed by atoms with Gasteiger partial charge < -0.3 is 4.74 Å². The molecule has 0 heterocycles. The Balaban J connectivity index is 3.08. The van der Waals surface area contributed by atoms with Crippen LogP contribution >= 0.6 is 15.9 Å². The highest BCUT2D eigenvalue weighted by Gasteiger charge is 2.20. The fourth-order valence-corrected chi connectivity index (χ4v) is 2.80. The van der Waals surface area contributed by atoms with Crippen LogP contribution in [-0.4, -0.2) is 11.9 Å². The molecule has 0 aliphatic rings. The maximum Gasteiger partial charge on any atom is 0.123 e. The van der Waals surface area contributed by atoms with E-state index in [1.54, 1.807) is 0 Å². The molecule has 0 saturated heterocycles. The van der Waals surface area contributed by atoms with E-state index in [0.717, 1.165) is 24.1 Å². The summed E-state index contributed by atoms with van der Waals surface area (Å²) in [5.74, 6) is 1.63. The minimum atomic E-state index is 0.118. The molecule has 0 spiro atoms. The molecule has 1 aromatic carbocycles. The summed E-state index contributed by atoms with van der Waals surface area (Å²) in [5.41, 5.74) is 2.85. The summed E-state index contributed by atoms with van der Waals surface area (Å²) >= 11 is 3.53. The molecule has 19 heavy (non-hydrogen) atoms. The van der Waals surface area contributed by atoms with E-state index < -0.39 is 0 Å². The molecule has 0 N–H and O–H groups in total. The summed E-state index contributed by atoms with van der Waals surface area (Å²) in [5, 5.41) is 1.05. The molecule has 0 bridgehead atoms. The van der Waals surface area contributed by atoms with Crippen molar-refractivity contribution in [3.8, 4) is 5.75 Å². The molecular weight excluding hydrogens is 300 g/mol. The van der Waals surface area contributed by atoms with E-state index in [1.807, 2.05) is 0 Å². The summed E-state index contributed by atoms with van der Waals surface area (Å²) in [7, 11) is 0. The van der Waals surface area contributed by atoms with Gasteiger partial charge in [-0.1, -0.05) is 62.7 Å². The third-order valence-corrected chi connectivity index (χ3v) is 3.84. The van der Waals surface area contributed by atoms with Gasteiger partial charge in [-0.25, -0.2) is 0 Å². The first-order valence-corrected chi connectivity index (χ1v) is 8.35. The Bertz CT molecular complexity index is 393. The second-order valence-corrected chi connectivity index (χ2v) is 7.03. The largest absolute Gasteiger partial charge is 0.493 e. The van der Waals surface area contributed by atoms with Crippen molar-refractivity contribution in [3.63, 3.8) is 0 Å². The Labute approximate surface area is 126 Å². The van der Waals surface area contributed by atoms with Gasteiger partial charge >= 0.3 is 0 Å². The number of ether oxygens (including phenoxy) is 1. The number of hydrogen-bond acceptors (Lipinski definition) is 1. The van der Waals surface area contributed by atoms with Crippen molar-refractivity contribution < 1.29 is 4.74 Å². The molecule has 0 aliphatic heterocycles. The fraction of sp³-hybridized carbons (Fsp3) is 0.647. The van der Waals surface area contributed by atoms with Gasteiger partial charge in [0.15, 0.2) is 0 Å². The van der Waals surface area contributed by atoms with Crippen LogP contribution < -0.4 is 4.74 Å². The Morgan fingerprint density at radius 3 is 2.47 bits per heavy atom. The van der Waals surface area contributed by atoms with Gasteiger partial charge in [0.1, 0.15) is 5.75 Å². The smallest absolute Gasteiger partial charge is 0.123 e. The molecule has 0 aliphatic carbocycles. The number of benzene rings is 1. The quantitative estimate of drug-likeness (QED) is 0.612. The number of hydrogen-bond donors (Lipinski definition) is 0. The number of alkyl halides is 1. The third-order valence-electron chi connectivity index (χ3n) is 3.38. The highest BCUT2D eigenvalue weighted by molar-refractivity contribution is 9.09. The maximum atomic E-state index is 5.90. The SMILES string of the molecule is CCCOc1ccc(C(C)CCBr)cc1C(C)(C)C. The predicted octanol–water partition coefficient (Wildman–Crippen LogP) is 5.66. The lowest BCUT2D eigenvalue weighted by atomic mass is 9.83. The van der Waals surface area contributed by atoms with Gasteiger partial charge in [0.05, 0.1) is 6.61 Å². The van der Waals surface area contributed by atoms with Crippen LogP contribution in [0, 0.1) is 0 Å². The van der Waals surface area contributed by atoms with Crippen molar-refractivity contribution in [1.29, 1.82) is 0 Å². The Morgan fingerprint density at radius 2 is 1.95 bits per heavy atom. The van der Waals surface area contributed by atoms with Crippen molar-refractivity contribution in [2.75, 3.05) is 11.9 Å². The van der Waals surface area contributed by atoms with Gasteiger partial charge in [0.25, 0.3) is 0 Å². The number of rotatable bonds is 6. The van der Waals surface area contributed by atoms with Crippen LogP contribution in [0.3, 0.4) is 0 Å². The van der Waals surface area contributed by atoms with Gasteiger partial charge in [-0.05, 0) is 41.4 Å². The van der Waals surface area contributed by atoms with Crippen molar-refractivity contribution in [2.24, 2.45) is 0 Å². The Morgan fingerprint density at radius 1 is 1.26 bits per heavy atom. The molecule has 2 heteroatoms. The topological polar surface area (TPSA) is 9.23 Å². The van der Waals surface area contributed by atoms with Crippen molar-refractivity contribution in [2.45, 2.75) is 58.8 Å². The first kappa shape index (κ1) is 16.6. The lowest BCUT2D eigenvalue weighted by Crippen LogP contribution is -2.14. The zero-order valence-corrected chi connectivity index (χ0v) is 14.5. The molecule has 1 aromatic rings. The predicted molar refractivity (Wildman–Crippen MR) is 87.8 cm³/mol. The molecule has 1 unspecified atom stereocenters. The molecule has 1 atom stereocenters. The second kappa shape index (κ2) is 7.33. The zero-order valence-electron chi connectivity index (χ0n) is 12.9. The average Bonchev–Trinajstić information content (AvgIpc) is 2.35. The van der Waals surface area contributed by atoms with Crippen molar-refractivity contribution in [1.82, 2.24) is 0 Å². The van der Waals surface area contributed by atoms with E-state index in [0.29, 0.717) is 5.92 Å². The fourth-order valence-electron chi connectivity index (χ4n) is 2.11. The second-order valence-electron chi connectivity index (χ2n) is 6.23. The molecule has 0 radical (unpaired) electrons. The average molecular weight is 327 g/mol. The standard InChI is InChI=1S/C17H27BrO/c1-6-11-19-16-8-7-14(13(2)9-10-18)12-15(16)17(3,4)5/h7-8,12-13H,6,9-11H2,1-5H3. The van der Waals surface area contributed by atoms with E-state index in [-0.39, 0.29) is 5.41 Å². The van der Waals surface area contributed by atoms with Crippen molar-refractivity contribution in [3.05, 3.63) is 29.3 Å². The first-order valence-electron chi connectivity index (χ1n) is 7.23. The van der Waals surface area contributed by atoms with E-state index in [1.165, 1.54) is 17.5 Å². The normalized spacial score (nSPS) is 13.4. The Kier molecular flexibility index (Phi) is 6.38. The van der Waals surface area contributed by atoms with Crippen LogP contribution in [0.1, 0.15) is 64.5 Å². The van der Waals surface area contributed by atoms with Crippen LogP contribution in [0.15, 0.2) is 18.2 Å². The highest BCUT2D eigenvalue weighted by Crippen LogP contribution is 2.34. The Hall–Kier alpha value is -0.500. The van der Waals surface area contributed by atoms with Crippen LogP contribution in [0.5, 0.6) is 5.75 Å². The maximum absolute atomic E-state index is 5.90. The van der Waals surface area contributed by atoms with Crippen LogP contribution in [0.25, 0.3) is 0 Å². The first-order chi connectivity index (χ1) is 8.90. The molecule has 0 fully saturated rings. The van der Waals surface area contributed by atoms with Gasteiger partial charge in [-0.3, -0.25) is 0 Å². The highest BCUT2D eigenvalue weighted by atomic mass is 79.9. The van der Waals surface area contributed by atoms with Crippen molar-refractivity contribution >= 4 is 15.9 Å². The third kappa shape index (κ3) is 4.83. The minimum Gasteiger partial charge on any atom is -0.493 e. The minimum absolute atomic E-state index is 0.118. The van der Waals surface area contributed by atoms with Gasteiger partial charge in [0.2, 0.25) is 0 Å². The van der Waals surface area contributed by atoms with E-state index in [2.05, 4.69) is 68.7 Å². The summed E-state index contributed by atoms with van der Waals surface area (Å²) < 4.78 is 5.90. The lowest BCUT2D eigenvalue weighted by Gasteiger charge is -2.25. The monoisotopic (exact) mass is 326 g/mol. The van der Waals surface area contributed by atoms with Crippen LogP contribution in [-0.2, 0) is 5.41 Å². The van der Waals surface area contributed by atoms with Gasteiger partial charge in [0, 0.05) is 5.33 Å². The summed E-state index contributed by atoms with van der Waals surface area (Å²) in [4.78, 5) is 0. The van der Waals surface area contributed by atoms with Crippen LogP contribution in [0.2, 0.25) is 0 Å². The molecule has 0 amide bonds. The van der Waals surface area contributed by atoms with E-state index in [9.17, 15) is 0 Å². The molecule has 1 rings (SSSR count). The van der Waals surface area contributed by atoms with E-state index in [4.69, 9.17) is 4.74 Å². The molecule has 1 nitrogen and oxygen atoms in total.